The Morgan fingerprint density at radius 1 is 1.15 bits per heavy atom. The second-order valence-corrected chi connectivity index (χ2v) is 10.4. The molecule has 0 spiro atoms. The summed E-state index contributed by atoms with van der Waals surface area (Å²) in [7, 11) is -3.88. The number of aliphatic carboxylic acids is 1. The molecule has 0 bridgehead atoms. The number of guanidine groups is 1. The molecule has 0 radical (unpaired) electrons. The number of aromatic nitrogens is 1. The molecule has 13 nitrogen and oxygen atoms in total. The minimum Gasteiger partial charge on any atom is -0.475 e. The molecular weight excluding hydrogens is 549 g/mol. The number of rotatable bonds is 10. The number of carbonyl (C=O) groups is 2. The summed E-state index contributed by atoms with van der Waals surface area (Å²) in [4.78, 5) is 39.7. The SMILES string of the molecule is Cc1ccc(NS(=O)(=O)Cc2ccccc2)c(=O)n1C(C(N)=O)C1(CON=C(N)N)CC1.O=C(O)C(F)(F)F. The Labute approximate surface area is 220 Å². The molecule has 1 aliphatic rings. The number of anilines is 1. The summed E-state index contributed by atoms with van der Waals surface area (Å²) in [6, 6.07) is 10.4. The van der Waals surface area contributed by atoms with Crippen molar-refractivity contribution in [1.82, 2.24) is 4.57 Å². The highest BCUT2D eigenvalue weighted by Gasteiger charge is 2.54. The molecule has 214 valence electrons. The third-order valence-electron chi connectivity index (χ3n) is 5.55. The van der Waals surface area contributed by atoms with E-state index >= 15 is 0 Å². The molecule has 0 saturated heterocycles. The van der Waals surface area contributed by atoms with Gasteiger partial charge >= 0.3 is 12.1 Å². The van der Waals surface area contributed by atoms with E-state index in [0.717, 1.165) is 0 Å². The van der Waals surface area contributed by atoms with Gasteiger partial charge in [-0.15, -0.1) is 0 Å². The Morgan fingerprint density at radius 3 is 2.18 bits per heavy atom. The lowest BCUT2D eigenvalue weighted by Crippen LogP contribution is -2.42. The van der Waals surface area contributed by atoms with Crippen molar-refractivity contribution in [2.75, 3.05) is 11.3 Å². The molecule has 17 heteroatoms. The number of amides is 1. The van der Waals surface area contributed by atoms with Gasteiger partial charge in [-0.3, -0.25) is 18.9 Å². The van der Waals surface area contributed by atoms with Crippen molar-refractivity contribution in [1.29, 1.82) is 0 Å². The summed E-state index contributed by atoms with van der Waals surface area (Å²) in [5.74, 6) is -4.09. The Balaban J connectivity index is 0.000000673. The zero-order valence-corrected chi connectivity index (χ0v) is 21.3. The van der Waals surface area contributed by atoms with Gasteiger partial charge in [0.05, 0.1) is 5.75 Å². The lowest BCUT2D eigenvalue weighted by atomic mass is 9.95. The maximum atomic E-state index is 13.2. The van der Waals surface area contributed by atoms with Crippen LogP contribution in [0.4, 0.5) is 18.9 Å². The second-order valence-electron chi connectivity index (χ2n) is 8.67. The number of nitrogens with two attached hydrogens (primary N) is 3. The highest BCUT2D eigenvalue weighted by molar-refractivity contribution is 7.91. The van der Waals surface area contributed by atoms with Crippen molar-refractivity contribution in [2.24, 2.45) is 27.8 Å². The molecule has 0 aliphatic heterocycles. The molecule has 1 atom stereocenters. The Morgan fingerprint density at radius 2 is 1.72 bits per heavy atom. The van der Waals surface area contributed by atoms with Gasteiger partial charge in [-0.05, 0) is 42.6 Å². The summed E-state index contributed by atoms with van der Waals surface area (Å²) < 4.78 is 60.5. The molecule has 8 N–H and O–H groups in total. The number of carboxylic acid groups (broad SMARTS) is 1. The number of oxime groups is 1. The van der Waals surface area contributed by atoms with Gasteiger partial charge < -0.3 is 27.1 Å². The largest absolute Gasteiger partial charge is 0.490 e. The van der Waals surface area contributed by atoms with Crippen LogP contribution in [0.5, 0.6) is 0 Å². The van der Waals surface area contributed by atoms with Gasteiger partial charge in [0.15, 0.2) is 0 Å². The topological polar surface area (TPSA) is 222 Å². The van der Waals surface area contributed by atoms with E-state index in [1.165, 1.54) is 10.6 Å². The Hall–Kier alpha value is -4.28. The van der Waals surface area contributed by atoms with Crippen LogP contribution in [0.3, 0.4) is 0 Å². The first-order valence-corrected chi connectivity index (χ1v) is 12.7. The number of nitrogens with one attached hydrogen (secondary N) is 1. The molecule has 1 fully saturated rings. The fraction of sp³-hybridized carbons (Fsp3) is 0.364. The van der Waals surface area contributed by atoms with Crippen LogP contribution in [0.15, 0.2) is 52.4 Å². The fourth-order valence-electron chi connectivity index (χ4n) is 3.64. The third kappa shape index (κ3) is 8.62. The number of aryl methyl sites for hydroxylation is 1. The summed E-state index contributed by atoms with van der Waals surface area (Å²) in [5, 5.41) is 10.6. The van der Waals surface area contributed by atoms with E-state index in [2.05, 4.69) is 9.88 Å². The first kappa shape index (κ1) is 30.9. The molecule has 2 aromatic rings. The normalized spacial score (nSPS) is 14.7. The number of carboxylic acids is 1. The summed E-state index contributed by atoms with van der Waals surface area (Å²) in [6.45, 7) is 1.60. The molecule has 1 heterocycles. The predicted molar refractivity (Wildman–Crippen MR) is 133 cm³/mol. The van der Waals surface area contributed by atoms with Crippen LogP contribution >= 0.6 is 0 Å². The van der Waals surface area contributed by atoms with E-state index in [4.69, 9.17) is 31.9 Å². The number of pyridine rings is 1. The molecule has 1 amide bonds. The van der Waals surface area contributed by atoms with Gasteiger partial charge in [-0.1, -0.05) is 30.3 Å². The van der Waals surface area contributed by atoms with Crippen LogP contribution in [0.1, 0.15) is 30.1 Å². The van der Waals surface area contributed by atoms with Gasteiger partial charge in [0.1, 0.15) is 18.3 Å². The molecule has 1 unspecified atom stereocenters. The summed E-state index contributed by atoms with van der Waals surface area (Å²) >= 11 is 0. The molecule has 39 heavy (non-hydrogen) atoms. The third-order valence-corrected chi connectivity index (χ3v) is 6.79. The fourth-order valence-corrected chi connectivity index (χ4v) is 4.83. The highest BCUT2D eigenvalue weighted by atomic mass is 32.2. The van der Waals surface area contributed by atoms with Gasteiger partial charge in [0.25, 0.3) is 5.56 Å². The van der Waals surface area contributed by atoms with Crippen molar-refractivity contribution in [3.63, 3.8) is 0 Å². The average Bonchev–Trinajstić information content (AvgIpc) is 3.58. The van der Waals surface area contributed by atoms with E-state index in [1.54, 1.807) is 43.3 Å². The first-order valence-electron chi connectivity index (χ1n) is 11.1. The molecule has 1 aromatic carbocycles. The monoisotopic (exact) mass is 576 g/mol. The van der Waals surface area contributed by atoms with Crippen molar-refractivity contribution in [3.05, 3.63) is 64.1 Å². The van der Waals surface area contributed by atoms with E-state index in [0.29, 0.717) is 24.1 Å². The Kier molecular flexibility index (Phi) is 9.57. The highest BCUT2D eigenvalue weighted by Crippen LogP contribution is 2.54. The van der Waals surface area contributed by atoms with Crippen molar-refractivity contribution < 1.29 is 41.1 Å². The molecule has 1 aliphatic carbocycles. The van der Waals surface area contributed by atoms with Crippen molar-refractivity contribution in [2.45, 2.75) is 37.7 Å². The second kappa shape index (κ2) is 12.1. The number of nitrogens with zero attached hydrogens (tertiary/aromatic N) is 2. The zero-order chi connectivity index (χ0) is 29.6. The first-order chi connectivity index (χ1) is 18.0. The van der Waals surface area contributed by atoms with Crippen LogP contribution in [-0.4, -0.2) is 48.7 Å². The maximum absolute atomic E-state index is 13.2. The van der Waals surface area contributed by atoms with E-state index in [9.17, 15) is 31.2 Å². The number of primary amides is 1. The number of halogens is 3. The Bertz CT molecular complexity index is 1390. The zero-order valence-electron chi connectivity index (χ0n) is 20.5. The lowest BCUT2D eigenvalue weighted by molar-refractivity contribution is -0.192. The number of hydrogen-bond acceptors (Lipinski definition) is 7. The van der Waals surface area contributed by atoms with Crippen LogP contribution < -0.4 is 27.5 Å². The lowest BCUT2D eigenvalue weighted by Gasteiger charge is -2.27. The smallest absolute Gasteiger partial charge is 0.475 e. The minimum absolute atomic E-state index is 0.0334. The van der Waals surface area contributed by atoms with Crippen molar-refractivity contribution >= 4 is 33.5 Å². The van der Waals surface area contributed by atoms with Gasteiger partial charge in [0, 0.05) is 11.1 Å². The van der Waals surface area contributed by atoms with Gasteiger partial charge in [-0.2, -0.15) is 13.2 Å². The number of benzene rings is 1. The van der Waals surface area contributed by atoms with E-state index < -0.39 is 45.1 Å². The van der Waals surface area contributed by atoms with Crippen LogP contribution in [0, 0.1) is 12.3 Å². The van der Waals surface area contributed by atoms with Gasteiger partial charge in [-0.25, -0.2) is 13.2 Å². The standard InChI is InChI=1S/C20H26N6O5S.C2HF3O2/c1-13-7-8-15(25-32(29,30)11-14-5-3-2-4-6-14)18(28)26(13)16(17(21)27)20(9-10-20)12-31-24-19(22)23;3-2(4,5)1(6)7/h2-8,16,25H,9-12H2,1H3,(H2,21,27)(H4,22,23,24);(H,6,7). The summed E-state index contributed by atoms with van der Waals surface area (Å²) in [5.41, 5.74) is 15.6. The molecular formula is C22H27F3N6O7S. The van der Waals surface area contributed by atoms with Crippen LogP contribution in [0.25, 0.3) is 0 Å². The summed E-state index contributed by atoms with van der Waals surface area (Å²) in [6.07, 6.45) is -3.98. The number of carbonyl (C=O) groups excluding carboxylic acids is 1. The minimum atomic E-state index is -5.08. The quantitative estimate of drug-likeness (QED) is 0.153. The van der Waals surface area contributed by atoms with Gasteiger partial charge in [0.2, 0.25) is 21.9 Å². The maximum Gasteiger partial charge on any atom is 0.490 e. The van der Waals surface area contributed by atoms with Crippen molar-refractivity contribution in [3.8, 4) is 0 Å². The van der Waals surface area contributed by atoms with E-state index in [-0.39, 0.29) is 24.0 Å². The predicted octanol–water partition coefficient (Wildman–Crippen LogP) is 0.744. The molecule has 1 aromatic heterocycles. The number of alkyl halides is 3. The van der Waals surface area contributed by atoms with E-state index in [1.807, 2.05) is 0 Å². The van der Waals surface area contributed by atoms with Crippen LogP contribution in [-0.2, 0) is 30.2 Å². The number of hydrogen-bond donors (Lipinski definition) is 5. The molecule has 1 saturated carbocycles. The molecule has 3 rings (SSSR count). The average molecular weight is 577 g/mol. The van der Waals surface area contributed by atoms with Crippen LogP contribution in [0.2, 0.25) is 0 Å². The number of sulfonamides is 1.